The molecule has 1 heterocycles. The maximum Gasteiger partial charge on any atom is 0.261 e. The average molecular weight is 258 g/mol. The summed E-state index contributed by atoms with van der Waals surface area (Å²) in [4.78, 5) is 14.1. The van der Waals surface area contributed by atoms with Crippen LogP contribution < -0.4 is 10.6 Å². The second kappa shape index (κ2) is 4.80. The van der Waals surface area contributed by atoms with Gasteiger partial charge in [0.1, 0.15) is 11.5 Å². The third-order valence-corrected chi connectivity index (χ3v) is 3.36. The highest BCUT2D eigenvalue weighted by atomic mass is 16.3. The molecule has 0 unspecified atom stereocenters. The quantitative estimate of drug-likeness (QED) is 0.842. The molecule has 0 saturated carbocycles. The number of rotatable bonds is 2. The summed E-state index contributed by atoms with van der Waals surface area (Å²) in [7, 11) is 1.75. The lowest BCUT2D eigenvalue weighted by atomic mass is 10.1. The standard InChI is InChI=1S/C15H18N2O2/c1-9-10(2)19-11(3)14(9)15(18)17(4)13-7-5-12(16)6-8-13/h5-8H,16H2,1-4H3. The predicted octanol–water partition coefficient (Wildman–Crippen LogP) is 3.06. The minimum atomic E-state index is -0.0726. The van der Waals surface area contributed by atoms with Crippen LogP contribution in [0.15, 0.2) is 28.7 Å². The molecule has 1 amide bonds. The smallest absolute Gasteiger partial charge is 0.261 e. The second-order valence-electron chi connectivity index (χ2n) is 4.67. The molecule has 0 aliphatic carbocycles. The molecule has 0 bridgehead atoms. The molecule has 2 rings (SSSR count). The van der Waals surface area contributed by atoms with Crippen molar-refractivity contribution >= 4 is 17.3 Å². The van der Waals surface area contributed by atoms with Crippen LogP contribution in [0.4, 0.5) is 11.4 Å². The van der Waals surface area contributed by atoms with Crippen molar-refractivity contribution in [2.24, 2.45) is 0 Å². The molecule has 0 aliphatic rings. The Morgan fingerprint density at radius 1 is 1.11 bits per heavy atom. The van der Waals surface area contributed by atoms with E-state index in [4.69, 9.17) is 10.2 Å². The third kappa shape index (κ3) is 2.34. The van der Waals surface area contributed by atoms with Gasteiger partial charge in [0.25, 0.3) is 5.91 Å². The highest BCUT2D eigenvalue weighted by Gasteiger charge is 2.22. The first-order chi connectivity index (χ1) is 8.91. The fourth-order valence-corrected chi connectivity index (χ4v) is 2.09. The number of nitrogens with zero attached hydrogens (tertiary/aromatic N) is 1. The molecule has 1 aromatic heterocycles. The van der Waals surface area contributed by atoms with Crippen LogP contribution in [-0.2, 0) is 0 Å². The molecular formula is C15H18N2O2. The molecule has 4 heteroatoms. The first kappa shape index (κ1) is 13.2. The minimum absolute atomic E-state index is 0.0726. The Bertz CT molecular complexity index is 612. The number of amides is 1. The Morgan fingerprint density at radius 2 is 1.68 bits per heavy atom. The first-order valence-corrected chi connectivity index (χ1v) is 6.12. The number of carbonyl (C=O) groups excluding carboxylic acids is 1. The number of nitrogens with two attached hydrogens (primary N) is 1. The van der Waals surface area contributed by atoms with E-state index in [1.54, 1.807) is 24.1 Å². The molecule has 1 aromatic carbocycles. The van der Waals surface area contributed by atoms with Gasteiger partial charge in [-0.1, -0.05) is 0 Å². The molecule has 2 aromatic rings. The van der Waals surface area contributed by atoms with Crippen LogP contribution in [-0.4, -0.2) is 13.0 Å². The van der Waals surface area contributed by atoms with Gasteiger partial charge in [-0.2, -0.15) is 0 Å². The summed E-state index contributed by atoms with van der Waals surface area (Å²) >= 11 is 0. The highest BCUT2D eigenvalue weighted by Crippen LogP contribution is 2.24. The zero-order valence-electron chi connectivity index (χ0n) is 11.7. The normalized spacial score (nSPS) is 10.5. The Morgan fingerprint density at radius 3 is 2.16 bits per heavy atom. The summed E-state index contributed by atoms with van der Waals surface area (Å²) < 4.78 is 5.50. The zero-order chi connectivity index (χ0) is 14.2. The van der Waals surface area contributed by atoms with Crippen LogP contribution in [0, 0.1) is 20.8 Å². The molecule has 0 atom stereocenters. The van der Waals surface area contributed by atoms with E-state index in [0.717, 1.165) is 17.0 Å². The number of hydrogen-bond donors (Lipinski definition) is 1. The third-order valence-electron chi connectivity index (χ3n) is 3.36. The monoisotopic (exact) mass is 258 g/mol. The van der Waals surface area contributed by atoms with E-state index in [9.17, 15) is 4.79 Å². The van der Waals surface area contributed by atoms with E-state index >= 15 is 0 Å². The molecule has 0 saturated heterocycles. The number of aryl methyl sites for hydroxylation is 2. The number of nitrogen functional groups attached to an aromatic ring is 1. The molecule has 19 heavy (non-hydrogen) atoms. The maximum atomic E-state index is 12.5. The Hall–Kier alpha value is -2.23. The van der Waals surface area contributed by atoms with Crippen molar-refractivity contribution in [3.63, 3.8) is 0 Å². The second-order valence-corrected chi connectivity index (χ2v) is 4.67. The van der Waals surface area contributed by atoms with E-state index < -0.39 is 0 Å². The van der Waals surface area contributed by atoms with E-state index in [1.807, 2.05) is 32.9 Å². The van der Waals surface area contributed by atoms with Gasteiger partial charge in [0.15, 0.2) is 0 Å². The SMILES string of the molecule is Cc1oc(C)c(C(=O)N(C)c2ccc(N)cc2)c1C. The van der Waals surface area contributed by atoms with Crippen molar-refractivity contribution in [2.45, 2.75) is 20.8 Å². The minimum Gasteiger partial charge on any atom is -0.466 e. The van der Waals surface area contributed by atoms with E-state index in [-0.39, 0.29) is 5.91 Å². The largest absolute Gasteiger partial charge is 0.466 e. The topological polar surface area (TPSA) is 59.5 Å². The molecule has 100 valence electrons. The number of carbonyl (C=O) groups is 1. The summed E-state index contributed by atoms with van der Waals surface area (Å²) in [5.41, 5.74) is 8.66. The summed E-state index contributed by atoms with van der Waals surface area (Å²) in [5, 5.41) is 0. The van der Waals surface area contributed by atoms with Crippen molar-refractivity contribution in [2.75, 3.05) is 17.7 Å². The van der Waals surface area contributed by atoms with Crippen LogP contribution in [0.2, 0.25) is 0 Å². The van der Waals surface area contributed by atoms with E-state index in [0.29, 0.717) is 17.0 Å². The van der Waals surface area contributed by atoms with Crippen molar-refractivity contribution in [1.82, 2.24) is 0 Å². The lowest BCUT2D eigenvalue weighted by molar-refractivity contribution is 0.0991. The summed E-state index contributed by atoms with van der Waals surface area (Å²) in [5.74, 6) is 1.37. The van der Waals surface area contributed by atoms with Gasteiger partial charge in [-0.25, -0.2) is 0 Å². The van der Waals surface area contributed by atoms with Crippen LogP contribution >= 0.6 is 0 Å². The van der Waals surface area contributed by atoms with Crippen LogP contribution in [0.5, 0.6) is 0 Å². The molecule has 2 N–H and O–H groups in total. The Balaban J connectivity index is 2.36. The summed E-state index contributed by atoms with van der Waals surface area (Å²) in [6.07, 6.45) is 0. The molecule has 4 nitrogen and oxygen atoms in total. The van der Waals surface area contributed by atoms with Gasteiger partial charge < -0.3 is 15.1 Å². The number of furan rings is 1. The first-order valence-electron chi connectivity index (χ1n) is 6.12. The fraction of sp³-hybridized carbons (Fsp3) is 0.267. The summed E-state index contributed by atoms with van der Waals surface area (Å²) in [6, 6.07) is 7.20. The number of benzene rings is 1. The van der Waals surface area contributed by atoms with Gasteiger partial charge in [0.2, 0.25) is 0 Å². The van der Waals surface area contributed by atoms with Gasteiger partial charge in [0, 0.05) is 24.0 Å². The number of hydrogen-bond acceptors (Lipinski definition) is 3. The Kier molecular flexibility index (Phi) is 3.34. The summed E-state index contributed by atoms with van der Waals surface area (Å²) in [6.45, 7) is 5.57. The van der Waals surface area contributed by atoms with Crippen molar-refractivity contribution in [3.05, 3.63) is 46.9 Å². The van der Waals surface area contributed by atoms with Crippen molar-refractivity contribution < 1.29 is 9.21 Å². The maximum absolute atomic E-state index is 12.5. The van der Waals surface area contributed by atoms with Gasteiger partial charge >= 0.3 is 0 Å². The van der Waals surface area contributed by atoms with Crippen LogP contribution in [0.3, 0.4) is 0 Å². The van der Waals surface area contributed by atoms with Crippen LogP contribution in [0.25, 0.3) is 0 Å². The fourth-order valence-electron chi connectivity index (χ4n) is 2.09. The van der Waals surface area contributed by atoms with Crippen molar-refractivity contribution in [1.29, 1.82) is 0 Å². The lowest BCUT2D eigenvalue weighted by Gasteiger charge is -2.17. The molecule has 0 aliphatic heterocycles. The molecule has 0 fully saturated rings. The lowest BCUT2D eigenvalue weighted by Crippen LogP contribution is -2.27. The van der Waals surface area contributed by atoms with Crippen molar-refractivity contribution in [3.8, 4) is 0 Å². The van der Waals surface area contributed by atoms with E-state index in [2.05, 4.69) is 0 Å². The Labute approximate surface area is 112 Å². The predicted molar refractivity (Wildman–Crippen MR) is 76.5 cm³/mol. The molecule has 0 spiro atoms. The zero-order valence-corrected chi connectivity index (χ0v) is 11.7. The van der Waals surface area contributed by atoms with Gasteiger partial charge in [-0.05, 0) is 45.0 Å². The molecular weight excluding hydrogens is 240 g/mol. The van der Waals surface area contributed by atoms with Gasteiger partial charge in [-0.3, -0.25) is 4.79 Å². The van der Waals surface area contributed by atoms with Crippen LogP contribution in [0.1, 0.15) is 27.4 Å². The number of anilines is 2. The highest BCUT2D eigenvalue weighted by molar-refractivity contribution is 6.07. The molecule has 0 radical (unpaired) electrons. The average Bonchev–Trinajstić information content (AvgIpc) is 2.62. The van der Waals surface area contributed by atoms with Gasteiger partial charge in [0.05, 0.1) is 5.56 Å². The van der Waals surface area contributed by atoms with Gasteiger partial charge in [-0.15, -0.1) is 0 Å². The van der Waals surface area contributed by atoms with E-state index in [1.165, 1.54) is 0 Å².